The monoisotopic (exact) mass is 369 g/mol. The average Bonchev–Trinajstić information content (AvgIpc) is 2.71. The SMILES string of the molecule is O=C(c1ccccn1)N1CCC2(CC1)CN(c1cccc(F)c1)C(=O)CO2. The van der Waals surface area contributed by atoms with E-state index in [0.29, 0.717) is 43.9 Å². The Morgan fingerprint density at radius 3 is 2.67 bits per heavy atom. The standard InChI is InChI=1S/C20H20FN3O3/c21-15-4-3-5-16(12-15)24-14-20(27-13-18(24)25)7-10-23(11-8-20)19(26)17-6-1-2-9-22-17/h1-6,9,12H,7-8,10-11,13-14H2. The van der Waals surface area contributed by atoms with Crippen molar-refractivity contribution in [3.8, 4) is 0 Å². The van der Waals surface area contributed by atoms with E-state index in [1.807, 2.05) is 0 Å². The Morgan fingerprint density at radius 2 is 1.96 bits per heavy atom. The van der Waals surface area contributed by atoms with Crippen molar-refractivity contribution in [2.45, 2.75) is 18.4 Å². The van der Waals surface area contributed by atoms with E-state index in [2.05, 4.69) is 4.98 Å². The molecule has 0 unspecified atom stereocenters. The lowest BCUT2D eigenvalue weighted by molar-refractivity contribution is -0.143. The number of hydrogen-bond donors (Lipinski definition) is 0. The number of carbonyl (C=O) groups is 2. The second-order valence-corrected chi connectivity index (χ2v) is 6.94. The van der Waals surface area contributed by atoms with E-state index in [4.69, 9.17) is 4.74 Å². The third-order valence-corrected chi connectivity index (χ3v) is 5.21. The van der Waals surface area contributed by atoms with Crippen molar-refractivity contribution in [1.29, 1.82) is 0 Å². The lowest BCUT2D eigenvalue weighted by Gasteiger charge is -2.46. The van der Waals surface area contributed by atoms with Gasteiger partial charge in [-0.3, -0.25) is 14.6 Å². The number of piperidine rings is 1. The molecule has 27 heavy (non-hydrogen) atoms. The minimum absolute atomic E-state index is 0.0370. The van der Waals surface area contributed by atoms with Gasteiger partial charge in [-0.05, 0) is 43.2 Å². The van der Waals surface area contributed by atoms with Gasteiger partial charge in [-0.25, -0.2) is 4.39 Å². The Balaban J connectivity index is 1.46. The predicted molar refractivity (Wildman–Crippen MR) is 96.8 cm³/mol. The molecule has 0 saturated carbocycles. The highest BCUT2D eigenvalue weighted by Gasteiger charge is 2.43. The smallest absolute Gasteiger partial charge is 0.272 e. The Labute approximate surface area is 156 Å². The molecule has 1 spiro atoms. The molecule has 3 heterocycles. The van der Waals surface area contributed by atoms with Gasteiger partial charge in [0.2, 0.25) is 0 Å². The molecule has 2 amide bonds. The quantitative estimate of drug-likeness (QED) is 0.815. The Kier molecular flexibility index (Phi) is 4.61. The minimum Gasteiger partial charge on any atom is -0.363 e. The molecule has 7 heteroatoms. The summed E-state index contributed by atoms with van der Waals surface area (Å²) < 4.78 is 19.5. The fraction of sp³-hybridized carbons (Fsp3) is 0.350. The molecule has 0 aliphatic carbocycles. The molecular weight excluding hydrogens is 349 g/mol. The fourth-order valence-electron chi connectivity index (χ4n) is 3.67. The number of rotatable bonds is 2. The van der Waals surface area contributed by atoms with Crippen LogP contribution in [-0.2, 0) is 9.53 Å². The first-order chi connectivity index (χ1) is 13.1. The maximum absolute atomic E-state index is 13.6. The van der Waals surface area contributed by atoms with Gasteiger partial charge in [-0.1, -0.05) is 12.1 Å². The third-order valence-electron chi connectivity index (χ3n) is 5.21. The summed E-state index contributed by atoms with van der Waals surface area (Å²) in [5.74, 6) is -0.658. The number of nitrogens with zero attached hydrogens (tertiary/aromatic N) is 3. The number of morpholine rings is 1. The Bertz CT molecular complexity index is 851. The summed E-state index contributed by atoms with van der Waals surface area (Å²) in [6.45, 7) is 1.38. The third kappa shape index (κ3) is 3.55. The van der Waals surface area contributed by atoms with Gasteiger partial charge in [0.15, 0.2) is 0 Å². The van der Waals surface area contributed by atoms with Crippen LogP contribution in [0.5, 0.6) is 0 Å². The van der Waals surface area contributed by atoms with Gasteiger partial charge in [0, 0.05) is 25.0 Å². The normalized spacial score (nSPS) is 19.4. The largest absolute Gasteiger partial charge is 0.363 e. The average molecular weight is 369 g/mol. The van der Waals surface area contributed by atoms with Crippen molar-refractivity contribution < 1.29 is 18.7 Å². The summed E-state index contributed by atoms with van der Waals surface area (Å²) in [5.41, 5.74) is 0.449. The zero-order valence-corrected chi connectivity index (χ0v) is 14.8. The van der Waals surface area contributed by atoms with Gasteiger partial charge in [-0.2, -0.15) is 0 Å². The lowest BCUT2D eigenvalue weighted by atomic mass is 9.89. The van der Waals surface area contributed by atoms with Crippen molar-refractivity contribution in [1.82, 2.24) is 9.88 Å². The van der Waals surface area contributed by atoms with E-state index < -0.39 is 5.60 Å². The number of benzene rings is 1. The van der Waals surface area contributed by atoms with Crippen LogP contribution < -0.4 is 4.90 Å². The maximum Gasteiger partial charge on any atom is 0.272 e. The van der Waals surface area contributed by atoms with E-state index in [-0.39, 0.29) is 24.2 Å². The number of hydrogen-bond acceptors (Lipinski definition) is 4. The molecule has 2 saturated heterocycles. The van der Waals surface area contributed by atoms with Crippen LogP contribution in [0.4, 0.5) is 10.1 Å². The van der Waals surface area contributed by atoms with Gasteiger partial charge >= 0.3 is 0 Å². The molecule has 140 valence electrons. The first-order valence-corrected chi connectivity index (χ1v) is 8.97. The zero-order chi connectivity index (χ0) is 18.9. The van der Waals surface area contributed by atoms with Gasteiger partial charge in [-0.15, -0.1) is 0 Å². The number of aromatic nitrogens is 1. The second-order valence-electron chi connectivity index (χ2n) is 6.94. The molecule has 2 aromatic rings. The van der Waals surface area contributed by atoms with Gasteiger partial charge in [0.25, 0.3) is 11.8 Å². The fourth-order valence-corrected chi connectivity index (χ4v) is 3.67. The molecule has 0 bridgehead atoms. The van der Waals surface area contributed by atoms with Gasteiger partial charge in [0.1, 0.15) is 18.1 Å². The zero-order valence-electron chi connectivity index (χ0n) is 14.8. The van der Waals surface area contributed by atoms with Crippen molar-refractivity contribution in [3.05, 3.63) is 60.2 Å². The number of carbonyl (C=O) groups excluding carboxylic acids is 2. The number of anilines is 1. The number of amides is 2. The van der Waals surface area contributed by atoms with E-state index in [9.17, 15) is 14.0 Å². The van der Waals surface area contributed by atoms with Crippen molar-refractivity contribution in [2.24, 2.45) is 0 Å². The minimum atomic E-state index is -0.513. The van der Waals surface area contributed by atoms with Crippen molar-refractivity contribution in [3.63, 3.8) is 0 Å². The van der Waals surface area contributed by atoms with Crippen LogP contribution in [0.2, 0.25) is 0 Å². The Morgan fingerprint density at radius 1 is 1.15 bits per heavy atom. The van der Waals surface area contributed by atoms with E-state index in [0.717, 1.165) is 0 Å². The highest BCUT2D eigenvalue weighted by Crippen LogP contribution is 2.33. The molecule has 0 radical (unpaired) electrons. The first-order valence-electron chi connectivity index (χ1n) is 8.97. The molecule has 1 aromatic heterocycles. The van der Waals surface area contributed by atoms with Crippen LogP contribution in [0.15, 0.2) is 48.7 Å². The van der Waals surface area contributed by atoms with E-state index in [1.54, 1.807) is 46.3 Å². The summed E-state index contributed by atoms with van der Waals surface area (Å²) in [5, 5.41) is 0. The molecule has 6 nitrogen and oxygen atoms in total. The maximum atomic E-state index is 13.6. The van der Waals surface area contributed by atoms with Gasteiger partial charge in [0.05, 0.1) is 12.1 Å². The number of halogens is 1. The van der Waals surface area contributed by atoms with Crippen LogP contribution in [0, 0.1) is 5.82 Å². The predicted octanol–water partition coefficient (Wildman–Crippen LogP) is 2.26. The molecule has 4 rings (SSSR count). The van der Waals surface area contributed by atoms with Crippen molar-refractivity contribution in [2.75, 3.05) is 31.1 Å². The van der Waals surface area contributed by atoms with Crippen LogP contribution in [0.25, 0.3) is 0 Å². The highest BCUT2D eigenvalue weighted by atomic mass is 19.1. The summed E-state index contributed by atoms with van der Waals surface area (Å²) in [4.78, 5) is 32.3. The van der Waals surface area contributed by atoms with Crippen LogP contribution >= 0.6 is 0 Å². The molecule has 2 aliphatic rings. The summed E-state index contributed by atoms with van der Waals surface area (Å²) in [7, 11) is 0. The van der Waals surface area contributed by atoms with E-state index >= 15 is 0 Å². The highest BCUT2D eigenvalue weighted by molar-refractivity contribution is 5.95. The Hall–Kier alpha value is -2.80. The van der Waals surface area contributed by atoms with Gasteiger partial charge < -0.3 is 14.5 Å². The van der Waals surface area contributed by atoms with Crippen LogP contribution in [0.1, 0.15) is 23.3 Å². The molecule has 0 atom stereocenters. The molecular formula is C20H20FN3O3. The summed E-state index contributed by atoms with van der Waals surface area (Å²) in [6, 6.07) is 11.3. The number of ether oxygens (including phenoxy) is 1. The van der Waals surface area contributed by atoms with E-state index in [1.165, 1.54) is 12.1 Å². The first kappa shape index (κ1) is 17.6. The lowest BCUT2D eigenvalue weighted by Crippen LogP contribution is -2.59. The topological polar surface area (TPSA) is 62.7 Å². The molecule has 2 aliphatic heterocycles. The van der Waals surface area contributed by atoms with Crippen LogP contribution in [0.3, 0.4) is 0 Å². The molecule has 2 fully saturated rings. The summed E-state index contributed by atoms with van der Waals surface area (Å²) in [6.07, 6.45) is 2.83. The molecule has 1 aromatic carbocycles. The number of pyridine rings is 1. The second kappa shape index (κ2) is 7.08. The number of likely N-dealkylation sites (tertiary alicyclic amines) is 1. The summed E-state index contributed by atoms with van der Waals surface area (Å²) >= 11 is 0. The van der Waals surface area contributed by atoms with Crippen molar-refractivity contribution >= 4 is 17.5 Å². The van der Waals surface area contributed by atoms with Crippen LogP contribution in [-0.4, -0.2) is 53.5 Å². The molecule has 0 N–H and O–H groups in total.